The molecule has 0 heterocycles. The second-order valence-corrected chi connectivity index (χ2v) is 3.94. The van der Waals surface area contributed by atoms with Gasteiger partial charge >= 0.3 is 0 Å². The zero-order chi connectivity index (χ0) is 12.1. The molecule has 88 valence electrons. The molecule has 0 saturated carbocycles. The number of benzene rings is 1. The van der Waals surface area contributed by atoms with E-state index in [4.69, 9.17) is 17.3 Å². The number of hydrogen-bond acceptors (Lipinski definition) is 3. The van der Waals surface area contributed by atoms with Gasteiger partial charge in [-0.25, -0.2) is 0 Å². The van der Waals surface area contributed by atoms with Crippen molar-refractivity contribution in [1.82, 2.24) is 4.90 Å². The molecule has 0 fully saturated rings. The number of phenols is 1. The van der Waals surface area contributed by atoms with Crippen molar-refractivity contribution in [2.75, 3.05) is 20.1 Å². The lowest BCUT2D eigenvalue weighted by Gasteiger charge is -2.16. The van der Waals surface area contributed by atoms with Gasteiger partial charge in [0.05, 0.1) is 5.02 Å². The zero-order valence-corrected chi connectivity index (χ0v) is 9.87. The van der Waals surface area contributed by atoms with Crippen molar-refractivity contribution in [1.29, 1.82) is 0 Å². The Kier molecular flexibility index (Phi) is 4.58. The Bertz CT molecular complexity index is 382. The van der Waals surface area contributed by atoms with Gasteiger partial charge in [0.25, 0.3) is 5.91 Å². The van der Waals surface area contributed by atoms with Gasteiger partial charge in [0.15, 0.2) is 0 Å². The van der Waals surface area contributed by atoms with Crippen molar-refractivity contribution in [3.05, 3.63) is 28.8 Å². The average Bonchev–Trinajstić information content (AvgIpc) is 2.28. The molecule has 0 aromatic heterocycles. The van der Waals surface area contributed by atoms with Crippen molar-refractivity contribution >= 4 is 17.5 Å². The molecule has 0 unspecified atom stereocenters. The second-order valence-electron chi connectivity index (χ2n) is 3.54. The molecule has 0 saturated heterocycles. The number of nitrogens with two attached hydrogens (primary N) is 1. The number of amides is 1. The lowest BCUT2D eigenvalue weighted by atomic mass is 10.2. The van der Waals surface area contributed by atoms with Crippen molar-refractivity contribution in [2.24, 2.45) is 5.73 Å². The number of rotatable bonds is 4. The van der Waals surface area contributed by atoms with Crippen LogP contribution in [0.2, 0.25) is 5.02 Å². The third kappa shape index (κ3) is 3.12. The van der Waals surface area contributed by atoms with Gasteiger partial charge in [0.2, 0.25) is 0 Å². The number of phenolic OH excluding ortho intramolecular Hbond substituents is 1. The van der Waals surface area contributed by atoms with E-state index in [0.717, 1.165) is 6.42 Å². The maximum absolute atomic E-state index is 11.9. The summed E-state index contributed by atoms with van der Waals surface area (Å²) in [6.45, 7) is 1.15. The lowest BCUT2D eigenvalue weighted by Crippen LogP contribution is -2.28. The number of halogens is 1. The van der Waals surface area contributed by atoms with Crippen LogP contribution in [0.5, 0.6) is 5.75 Å². The average molecular weight is 243 g/mol. The van der Waals surface area contributed by atoms with E-state index in [0.29, 0.717) is 18.7 Å². The standard InChI is InChI=1S/C11H15ClN2O2/c1-14(6-2-5-13)11(16)8-3-4-10(15)9(12)7-8/h3-4,7,15H,2,5-6,13H2,1H3. The second kappa shape index (κ2) is 5.72. The van der Waals surface area contributed by atoms with E-state index in [9.17, 15) is 9.90 Å². The quantitative estimate of drug-likeness (QED) is 0.840. The minimum Gasteiger partial charge on any atom is -0.506 e. The number of aromatic hydroxyl groups is 1. The molecule has 0 aliphatic heterocycles. The largest absolute Gasteiger partial charge is 0.506 e. The highest BCUT2D eigenvalue weighted by Crippen LogP contribution is 2.24. The molecule has 4 nitrogen and oxygen atoms in total. The SMILES string of the molecule is CN(CCCN)C(=O)c1ccc(O)c(Cl)c1. The van der Waals surface area contributed by atoms with Gasteiger partial charge in [-0.15, -0.1) is 0 Å². The summed E-state index contributed by atoms with van der Waals surface area (Å²) in [4.78, 5) is 13.4. The highest BCUT2D eigenvalue weighted by atomic mass is 35.5. The first-order chi connectivity index (χ1) is 7.56. The maximum atomic E-state index is 11.9. The molecule has 0 bridgehead atoms. The summed E-state index contributed by atoms with van der Waals surface area (Å²) in [6.07, 6.45) is 0.758. The Balaban J connectivity index is 2.76. The molecule has 1 aromatic rings. The Morgan fingerprint density at radius 3 is 2.81 bits per heavy atom. The molecule has 0 spiro atoms. The van der Waals surface area contributed by atoms with Crippen LogP contribution in [0.4, 0.5) is 0 Å². The van der Waals surface area contributed by atoms with E-state index < -0.39 is 0 Å². The topological polar surface area (TPSA) is 66.6 Å². The van der Waals surface area contributed by atoms with E-state index in [1.54, 1.807) is 18.0 Å². The number of carbonyl (C=O) groups is 1. The van der Waals surface area contributed by atoms with Gasteiger partial charge in [0.1, 0.15) is 5.75 Å². The molecule has 3 N–H and O–H groups in total. The lowest BCUT2D eigenvalue weighted by molar-refractivity contribution is 0.0794. The van der Waals surface area contributed by atoms with E-state index in [-0.39, 0.29) is 16.7 Å². The van der Waals surface area contributed by atoms with Crippen LogP contribution in [0, 0.1) is 0 Å². The maximum Gasteiger partial charge on any atom is 0.253 e. The van der Waals surface area contributed by atoms with Crippen LogP contribution in [-0.4, -0.2) is 36.1 Å². The molecule has 1 aromatic carbocycles. The van der Waals surface area contributed by atoms with Crippen LogP contribution >= 0.6 is 11.6 Å². The van der Waals surface area contributed by atoms with Crippen LogP contribution in [0.25, 0.3) is 0 Å². The van der Waals surface area contributed by atoms with Crippen LogP contribution < -0.4 is 5.73 Å². The highest BCUT2D eigenvalue weighted by Gasteiger charge is 2.12. The smallest absolute Gasteiger partial charge is 0.253 e. The first-order valence-corrected chi connectivity index (χ1v) is 5.38. The van der Waals surface area contributed by atoms with Crippen LogP contribution in [-0.2, 0) is 0 Å². The molecule has 1 amide bonds. The fourth-order valence-electron chi connectivity index (χ4n) is 1.29. The summed E-state index contributed by atoms with van der Waals surface area (Å²) in [7, 11) is 1.71. The number of nitrogens with zero attached hydrogens (tertiary/aromatic N) is 1. The summed E-state index contributed by atoms with van der Waals surface area (Å²) in [6, 6.07) is 4.41. The molecule has 0 aliphatic rings. The van der Waals surface area contributed by atoms with Gasteiger partial charge in [-0.2, -0.15) is 0 Å². The molecule has 16 heavy (non-hydrogen) atoms. The first kappa shape index (κ1) is 12.8. The minimum absolute atomic E-state index is 0.0252. The van der Waals surface area contributed by atoms with E-state index in [2.05, 4.69) is 0 Å². The molecule has 0 radical (unpaired) electrons. The monoisotopic (exact) mass is 242 g/mol. The Hall–Kier alpha value is -1.26. The fourth-order valence-corrected chi connectivity index (χ4v) is 1.47. The van der Waals surface area contributed by atoms with Crippen molar-refractivity contribution in [3.63, 3.8) is 0 Å². The minimum atomic E-state index is -0.129. The molecular formula is C11H15ClN2O2. The van der Waals surface area contributed by atoms with E-state index >= 15 is 0 Å². The van der Waals surface area contributed by atoms with Gasteiger partial charge < -0.3 is 15.7 Å². The number of carbonyl (C=O) groups excluding carboxylic acids is 1. The predicted octanol–water partition coefficient (Wildman–Crippen LogP) is 1.47. The normalized spacial score (nSPS) is 10.2. The third-order valence-corrected chi connectivity index (χ3v) is 2.54. The fraction of sp³-hybridized carbons (Fsp3) is 0.364. The van der Waals surface area contributed by atoms with Crippen molar-refractivity contribution < 1.29 is 9.90 Å². The third-order valence-electron chi connectivity index (χ3n) is 2.24. The van der Waals surface area contributed by atoms with Gasteiger partial charge in [-0.1, -0.05) is 11.6 Å². The van der Waals surface area contributed by atoms with Gasteiger partial charge in [-0.3, -0.25) is 4.79 Å². The molecule has 5 heteroatoms. The van der Waals surface area contributed by atoms with Crippen LogP contribution in [0.1, 0.15) is 16.8 Å². The Morgan fingerprint density at radius 2 is 2.25 bits per heavy atom. The van der Waals surface area contributed by atoms with Crippen LogP contribution in [0.15, 0.2) is 18.2 Å². The predicted molar refractivity (Wildman–Crippen MR) is 63.7 cm³/mol. The zero-order valence-electron chi connectivity index (χ0n) is 9.11. The van der Waals surface area contributed by atoms with Crippen molar-refractivity contribution in [3.8, 4) is 5.75 Å². The molecular weight excluding hydrogens is 228 g/mol. The summed E-state index contributed by atoms with van der Waals surface area (Å²) >= 11 is 5.73. The van der Waals surface area contributed by atoms with Gasteiger partial charge in [-0.05, 0) is 31.2 Å². The van der Waals surface area contributed by atoms with Gasteiger partial charge in [0, 0.05) is 19.2 Å². The van der Waals surface area contributed by atoms with Crippen molar-refractivity contribution in [2.45, 2.75) is 6.42 Å². The number of hydrogen-bond donors (Lipinski definition) is 2. The summed E-state index contributed by atoms with van der Waals surface area (Å²) in [5.74, 6) is -0.154. The highest BCUT2D eigenvalue weighted by molar-refractivity contribution is 6.32. The van der Waals surface area contributed by atoms with E-state index in [1.807, 2.05) is 0 Å². The molecule has 0 aliphatic carbocycles. The van der Waals surface area contributed by atoms with E-state index in [1.165, 1.54) is 12.1 Å². The molecule has 1 rings (SSSR count). The van der Waals surface area contributed by atoms with Crippen LogP contribution in [0.3, 0.4) is 0 Å². The molecule has 0 atom stereocenters. The summed E-state index contributed by atoms with van der Waals surface area (Å²) < 4.78 is 0. The first-order valence-electron chi connectivity index (χ1n) is 5.00. The Labute approximate surface area is 99.6 Å². The Morgan fingerprint density at radius 1 is 1.56 bits per heavy atom. The summed E-state index contributed by atoms with van der Waals surface area (Å²) in [5, 5.41) is 9.41. The summed E-state index contributed by atoms with van der Waals surface area (Å²) in [5.41, 5.74) is 5.83.